The van der Waals surface area contributed by atoms with Gasteiger partial charge in [0.05, 0.1) is 6.21 Å². The first-order valence-corrected chi connectivity index (χ1v) is 8.02. The number of hydrazone groups is 1. The van der Waals surface area contributed by atoms with Crippen LogP contribution in [0.4, 0.5) is 5.95 Å². The summed E-state index contributed by atoms with van der Waals surface area (Å²) in [7, 11) is 3.28. The van der Waals surface area contributed by atoms with Gasteiger partial charge in [0.2, 0.25) is 5.95 Å². The van der Waals surface area contributed by atoms with Crippen molar-refractivity contribution in [2.75, 3.05) is 5.43 Å². The molecule has 0 atom stereocenters. The molecule has 0 bridgehead atoms. The van der Waals surface area contributed by atoms with Crippen LogP contribution in [0.3, 0.4) is 0 Å². The van der Waals surface area contributed by atoms with Crippen LogP contribution in [0.25, 0.3) is 11.2 Å². The molecule has 0 aliphatic carbocycles. The first-order valence-electron chi connectivity index (χ1n) is 7.65. The number of aryl methyl sites for hydroxylation is 2. The van der Waals surface area contributed by atoms with E-state index >= 15 is 0 Å². The highest BCUT2D eigenvalue weighted by Crippen LogP contribution is 2.13. The van der Waals surface area contributed by atoms with Gasteiger partial charge in [-0.15, -0.1) is 0 Å². The Morgan fingerprint density at radius 3 is 2.52 bits per heavy atom. The molecular weight excluding hydrogens is 344 g/mol. The maximum Gasteiger partial charge on any atom is 0.332 e. The summed E-state index contributed by atoms with van der Waals surface area (Å²) in [6.07, 6.45) is 1.61. The Bertz CT molecular complexity index is 1080. The van der Waals surface area contributed by atoms with E-state index in [-0.39, 0.29) is 5.56 Å². The molecule has 0 unspecified atom stereocenters. The van der Waals surface area contributed by atoms with E-state index in [1.807, 2.05) is 12.1 Å². The van der Waals surface area contributed by atoms with E-state index in [2.05, 4.69) is 15.5 Å². The number of hydrogen-bond donors (Lipinski definition) is 1. The van der Waals surface area contributed by atoms with E-state index in [0.717, 1.165) is 5.56 Å². The second-order valence-electron chi connectivity index (χ2n) is 5.48. The minimum absolute atomic E-state index is 0.296. The molecular formula is C16H17ClN6O2. The molecule has 0 spiro atoms. The molecule has 3 aromatic rings. The molecule has 0 fully saturated rings. The number of hydrogen-bond acceptors (Lipinski definition) is 5. The molecule has 25 heavy (non-hydrogen) atoms. The Labute approximate surface area is 148 Å². The molecule has 0 saturated carbocycles. The number of nitrogens with zero attached hydrogens (tertiary/aromatic N) is 5. The summed E-state index contributed by atoms with van der Waals surface area (Å²) < 4.78 is 4.11. The third-order valence-electron chi connectivity index (χ3n) is 3.92. The summed E-state index contributed by atoms with van der Waals surface area (Å²) in [4.78, 5) is 29.0. The lowest BCUT2D eigenvalue weighted by Gasteiger charge is -2.05. The molecule has 2 aromatic heterocycles. The van der Waals surface area contributed by atoms with Crippen LogP contribution >= 0.6 is 11.6 Å². The summed E-state index contributed by atoms with van der Waals surface area (Å²) in [6.45, 7) is 2.05. The number of benzene rings is 1. The van der Waals surface area contributed by atoms with Gasteiger partial charge in [0.15, 0.2) is 11.2 Å². The van der Waals surface area contributed by atoms with Crippen molar-refractivity contribution in [2.24, 2.45) is 19.2 Å². The summed E-state index contributed by atoms with van der Waals surface area (Å²) >= 11 is 5.84. The van der Waals surface area contributed by atoms with Gasteiger partial charge in [-0.1, -0.05) is 23.7 Å². The molecule has 0 aliphatic rings. The summed E-state index contributed by atoms with van der Waals surface area (Å²) in [5.41, 5.74) is 3.55. The zero-order valence-corrected chi connectivity index (χ0v) is 14.8. The number of nitrogens with one attached hydrogen (secondary N) is 1. The van der Waals surface area contributed by atoms with Gasteiger partial charge >= 0.3 is 5.69 Å². The number of rotatable bonds is 4. The van der Waals surface area contributed by atoms with Crippen molar-refractivity contribution < 1.29 is 0 Å². The van der Waals surface area contributed by atoms with Gasteiger partial charge < -0.3 is 4.57 Å². The fraction of sp³-hybridized carbons (Fsp3) is 0.250. The molecule has 2 heterocycles. The Morgan fingerprint density at radius 2 is 1.88 bits per heavy atom. The molecule has 0 amide bonds. The first kappa shape index (κ1) is 17.0. The Kier molecular flexibility index (Phi) is 4.45. The molecule has 1 aromatic carbocycles. The minimum atomic E-state index is -0.394. The predicted octanol–water partition coefficient (Wildman–Crippen LogP) is 1.55. The first-order chi connectivity index (χ1) is 11.9. The lowest BCUT2D eigenvalue weighted by molar-refractivity contribution is 0.635. The number of fused-ring (bicyclic) bond motifs is 1. The van der Waals surface area contributed by atoms with E-state index in [1.165, 1.54) is 9.13 Å². The number of halogens is 1. The molecule has 1 N–H and O–H groups in total. The summed E-state index contributed by atoms with van der Waals surface area (Å²) in [5, 5.41) is 4.77. The topological polar surface area (TPSA) is 86.2 Å². The third kappa shape index (κ3) is 2.96. The highest BCUT2D eigenvalue weighted by atomic mass is 35.5. The maximum atomic E-state index is 12.5. The summed E-state index contributed by atoms with van der Waals surface area (Å²) in [6, 6.07) is 7.18. The van der Waals surface area contributed by atoms with E-state index < -0.39 is 5.69 Å². The van der Waals surface area contributed by atoms with Crippen molar-refractivity contribution in [3.63, 3.8) is 0 Å². The monoisotopic (exact) mass is 360 g/mol. The zero-order valence-electron chi connectivity index (χ0n) is 14.0. The van der Waals surface area contributed by atoms with E-state index in [1.54, 1.807) is 43.9 Å². The molecule has 3 rings (SSSR count). The smallest absolute Gasteiger partial charge is 0.306 e. The van der Waals surface area contributed by atoms with Crippen LogP contribution in [0.5, 0.6) is 0 Å². The van der Waals surface area contributed by atoms with E-state index in [9.17, 15) is 9.59 Å². The molecule has 130 valence electrons. The molecule has 0 aliphatic heterocycles. The predicted molar refractivity (Wildman–Crippen MR) is 98.6 cm³/mol. The Morgan fingerprint density at radius 1 is 1.20 bits per heavy atom. The molecule has 0 radical (unpaired) electrons. The van der Waals surface area contributed by atoms with Crippen LogP contribution in [-0.2, 0) is 20.6 Å². The van der Waals surface area contributed by atoms with Crippen LogP contribution in [0.1, 0.15) is 12.5 Å². The highest BCUT2D eigenvalue weighted by molar-refractivity contribution is 6.30. The number of imidazole rings is 1. The van der Waals surface area contributed by atoms with Crippen molar-refractivity contribution in [2.45, 2.75) is 13.5 Å². The van der Waals surface area contributed by atoms with Gasteiger partial charge in [0.1, 0.15) is 0 Å². The molecule has 8 nitrogen and oxygen atoms in total. The average molecular weight is 361 g/mol. The van der Waals surface area contributed by atoms with Crippen molar-refractivity contribution >= 4 is 34.9 Å². The Hall–Kier alpha value is -2.87. The minimum Gasteiger partial charge on any atom is -0.306 e. The fourth-order valence-electron chi connectivity index (χ4n) is 2.54. The van der Waals surface area contributed by atoms with Gasteiger partial charge in [-0.05, 0) is 24.6 Å². The standard InChI is InChI=1S/C16H17ClN6O2/c1-4-23-14(24)12-13(22(3)16(23)25)19-15(21(12)2)20-18-9-10-5-7-11(17)8-6-10/h5-9H,4H2,1-3H3,(H,19,20)/b18-9+. The van der Waals surface area contributed by atoms with Crippen LogP contribution in [0.2, 0.25) is 5.02 Å². The van der Waals surface area contributed by atoms with Gasteiger partial charge in [-0.2, -0.15) is 10.1 Å². The van der Waals surface area contributed by atoms with Crippen LogP contribution < -0.4 is 16.7 Å². The second kappa shape index (κ2) is 6.56. The van der Waals surface area contributed by atoms with Crippen molar-refractivity contribution in [1.82, 2.24) is 18.7 Å². The number of anilines is 1. The van der Waals surface area contributed by atoms with Crippen LogP contribution in [0, 0.1) is 0 Å². The fourth-order valence-corrected chi connectivity index (χ4v) is 2.66. The molecule has 0 saturated heterocycles. The van der Waals surface area contributed by atoms with E-state index in [4.69, 9.17) is 11.6 Å². The summed E-state index contributed by atoms with van der Waals surface area (Å²) in [5.74, 6) is 0.362. The zero-order chi connectivity index (χ0) is 18.1. The van der Waals surface area contributed by atoms with Crippen molar-refractivity contribution in [3.8, 4) is 0 Å². The van der Waals surface area contributed by atoms with Gasteiger partial charge in [0, 0.05) is 25.7 Å². The normalized spacial score (nSPS) is 11.5. The van der Waals surface area contributed by atoms with Gasteiger partial charge in [0.25, 0.3) is 5.56 Å². The highest BCUT2D eigenvalue weighted by Gasteiger charge is 2.17. The largest absolute Gasteiger partial charge is 0.332 e. The lowest BCUT2D eigenvalue weighted by Crippen LogP contribution is -2.39. The van der Waals surface area contributed by atoms with Crippen molar-refractivity contribution in [3.05, 3.63) is 55.7 Å². The van der Waals surface area contributed by atoms with Crippen LogP contribution in [-0.4, -0.2) is 24.9 Å². The quantitative estimate of drug-likeness (QED) is 0.565. The van der Waals surface area contributed by atoms with Crippen LogP contribution in [0.15, 0.2) is 39.0 Å². The van der Waals surface area contributed by atoms with Gasteiger partial charge in [-0.25, -0.2) is 10.2 Å². The molecule has 9 heteroatoms. The number of aromatic nitrogens is 4. The van der Waals surface area contributed by atoms with Crippen molar-refractivity contribution in [1.29, 1.82) is 0 Å². The van der Waals surface area contributed by atoms with Gasteiger partial charge in [-0.3, -0.25) is 13.9 Å². The second-order valence-corrected chi connectivity index (χ2v) is 5.92. The average Bonchev–Trinajstić information content (AvgIpc) is 2.92. The lowest BCUT2D eigenvalue weighted by atomic mass is 10.2. The SMILES string of the molecule is CCn1c(=O)c2c(nc(N/N=C/c3ccc(Cl)cc3)n2C)n(C)c1=O. The Balaban J connectivity index is 2.01. The third-order valence-corrected chi connectivity index (χ3v) is 4.18. The van der Waals surface area contributed by atoms with E-state index in [0.29, 0.717) is 28.7 Å². The maximum absolute atomic E-state index is 12.5.